The highest BCUT2D eigenvalue weighted by molar-refractivity contribution is 5.92. The molecule has 0 aliphatic carbocycles. The van der Waals surface area contributed by atoms with Crippen LogP contribution in [-0.2, 0) is 17.1 Å². The second-order valence-corrected chi connectivity index (χ2v) is 5.56. The number of hydrogen-bond acceptors (Lipinski definition) is 3. The smallest absolute Gasteiger partial charge is 0.378 e. The summed E-state index contributed by atoms with van der Waals surface area (Å²) in [5.74, 6) is 0. The summed E-state index contributed by atoms with van der Waals surface area (Å²) in [6, 6.07) is 1.67. The van der Waals surface area contributed by atoms with Crippen LogP contribution in [0.1, 0.15) is 11.3 Å². The van der Waals surface area contributed by atoms with Crippen LogP contribution in [0.4, 0.5) is 32.0 Å². The number of aromatic nitrogens is 1. The maximum atomic E-state index is 13.1. The number of alkyl halides is 6. The number of hydrogen-bond donors (Lipinski definition) is 1. The van der Waals surface area contributed by atoms with Gasteiger partial charge in [-0.3, -0.25) is 4.79 Å². The van der Waals surface area contributed by atoms with Gasteiger partial charge in [0.2, 0.25) is 0 Å². The van der Waals surface area contributed by atoms with Gasteiger partial charge >= 0.3 is 12.4 Å². The van der Waals surface area contributed by atoms with Crippen molar-refractivity contribution in [2.45, 2.75) is 12.4 Å². The lowest BCUT2D eigenvalue weighted by Gasteiger charge is -2.30. The Morgan fingerprint density at radius 2 is 1.60 bits per heavy atom. The monoisotopic (exact) mass is 366 g/mol. The van der Waals surface area contributed by atoms with Crippen LogP contribution < -0.4 is 10.3 Å². The molecule has 0 saturated carbocycles. The molecule has 25 heavy (non-hydrogen) atoms. The molecule has 1 aromatic heterocycles. The summed E-state index contributed by atoms with van der Waals surface area (Å²) >= 11 is 0. The Hall–Kier alpha value is -2.23. The fourth-order valence-electron chi connectivity index (χ4n) is 2.74. The van der Waals surface area contributed by atoms with Gasteiger partial charge < -0.3 is 14.6 Å². The molecule has 136 valence electrons. The summed E-state index contributed by atoms with van der Waals surface area (Å²) in [4.78, 5) is 15.6. The summed E-state index contributed by atoms with van der Waals surface area (Å²) in [5.41, 5.74) is -4.07. The summed E-state index contributed by atoms with van der Waals surface area (Å²) in [7, 11) is 0. The molecule has 4 nitrogen and oxygen atoms in total. The number of morpholine rings is 1. The molecule has 0 unspecified atom stereocenters. The first kappa shape index (κ1) is 17.6. The van der Waals surface area contributed by atoms with Gasteiger partial charge in [-0.15, -0.1) is 0 Å². The highest BCUT2D eigenvalue weighted by Crippen LogP contribution is 2.36. The standard InChI is InChI=1S/C15H12F6N2O2/c16-14(17,18)8-5-9-13(10(6-8)23-1-3-25-4-2-23)11(24)7-12(22-9)15(19,20)21/h5-7H,1-4H2,(H,22,24). The molecule has 1 N–H and O–H groups in total. The van der Waals surface area contributed by atoms with Crippen LogP contribution in [-0.4, -0.2) is 31.3 Å². The SMILES string of the molecule is O=c1cc(C(F)(F)F)[nH]c2cc(C(F)(F)F)cc(N3CCOCC3)c12. The highest BCUT2D eigenvalue weighted by atomic mass is 19.4. The van der Waals surface area contributed by atoms with E-state index in [-0.39, 0.29) is 37.4 Å². The maximum absolute atomic E-state index is 13.1. The Balaban J connectivity index is 2.30. The summed E-state index contributed by atoms with van der Waals surface area (Å²) in [6.07, 6.45) is -9.64. The molecule has 10 heteroatoms. The molecular formula is C15H12F6N2O2. The van der Waals surface area contributed by atoms with E-state index in [9.17, 15) is 31.1 Å². The lowest BCUT2D eigenvalue weighted by atomic mass is 10.1. The van der Waals surface area contributed by atoms with Crippen molar-refractivity contribution >= 4 is 16.6 Å². The molecule has 0 spiro atoms. The molecule has 3 rings (SSSR count). The van der Waals surface area contributed by atoms with E-state index >= 15 is 0 Å². The predicted octanol–water partition coefficient (Wildman–Crippen LogP) is 3.40. The number of pyridine rings is 1. The van der Waals surface area contributed by atoms with E-state index in [1.165, 1.54) is 4.90 Å². The number of fused-ring (bicyclic) bond motifs is 1. The van der Waals surface area contributed by atoms with E-state index in [0.29, 0.717) is 12.1 Å². The van der Waals surface area contributed by atoms with Crippen LogP contribution in [0.3, 0.4) is 0 Å². The molecule has 1 aliphatic heterocycles. The van der Waals surface area contributed by atoms with Gasteiger partial charge in [0, 0.05) is 19.2 Å². The summed E-state index contributed by atoms with van der Waals surface area (Å²) in [6.45, 7) is 0.959. The van der Waals surface area contributed by atoms with Crippen LogP contribution in [0.25, 0.3) is 10.9 Å². The molecule has 0 amide bonds. The molecule has 1 aromatic carbocycles. The van der Waals surface area contributed by atoms with E-state index in [0.717, 1.165) is 6.07 Å². The van der Waals surface area contributed by atoms with Gasteiger partial charge in [0.25, 0.3) is 0 Å². The van der Waals surface area contributed by atoms with E-state index in [1.807, 2.05) is 4.98 Å². The van der Waals surface area contributed by atoms with Crippen LogP contribution in [0.2, 0.25) is 0 Å². The van der Waals surface area contributed by atoms with Crippen molar-refractivity contribution in [2.24, 2.45) is 0 Å². The average molecular weight is 366 g/mol. The van der Waals surface area contributed by atoms with Crippen molar-refractivity contribution in [3.63, 3.8) is 0 Å². The quantitative estimate of drug-likeness (QED) is 0.787. The minimum absolute atomic E-state index is 0.0527. The van der Waals surface area contributed by atoms with Gasteiger partial charge in [0.15, 0.2) is 5.43 Å². The zero-order valence-electron chi connectivity index (χ0n) is 12.6. The first-order valence-corrected chi connectivity index (χ1v) is 7.25. The third-order valence-corrected chi connectivity index (χ3v) is 3.89. The van der Waals surface area contributed by atoms with Gasteiger partial charge in [0.05, 0.1) is 35.4 Å². The number of benzene rings is 1. The number of rotatable bonds is 1. The minimum atomic E-state index is -4.87. The number of aromatic amines is 1. The van der Waals surface area contributed by atoms with E-state index in [2.05, 4.69) is 0 Å². The average Bonchev–Trinajstić information content (AvgIpc) is 2.52. The lowest BCUT2D eigenvalue weighted by Crippen LogP contribution is -2.37. The molecule has 1 fully saturated rings. The van der Waals surface area contributed by atoms with Gasteiger partial charge in [0.1, 0.15) is 5.69 Å². The van der Waals surface area contributed by atoms with Crippen LogP contribution in [0, 0.1) is 0 Å². The van der Waals surface area contributed by atoms with Crippen molar-refractivity contribution in [3.05, 3.63) is 39.7 Å². The third kappa shape index (κ3) is 3.44. The van der Waals surface area contributed by atoms with E-state index in [1.54, 1.807) is 0 Å². The Bertz CT molecular complexity index is 845. The largest absolute Gasteiger partial charge is 0.431 e. The second-order valence-electron chi connectivity index (χ2n) is 5.56. The van der Waals surface area contributed by atoms with Crippen molar-refractivity contribution in [1.82, 2.24) is 4.98 Å². The van der Waals surface area contributed by atoms with Crippen LogP contribution in [0.15, 0.2) is 23.0 Å². The Morgan fingerprint density at radius 3 is 2.16 bits per heavy atom. The first-order chi connectivity index (χ1) is 11.6. The zero-order chi connectivity index (χ0) is 18.4. The number of halogens is 6. The summed E-state index contributed by atoms with van der Waals surface area (Å²) in [5, 5.41) is -0.206. The van der Waals surface area contributed by atoms with Crippen molar-refractivity contribution in [1.29, 1.82) is 0 Å². The first-order valence-electron chi connectivity index (χ1n) is 7.25. The number of nitrogens with one attached hydrogen (secondary N) is 1. The molecule has 1 aliphatic rings. The molecular weight excluding hydrogens is 354 g/mol. The highest BCUT2D eigenvalue weighted by Gasteiger charge is 2.35. The molecule has 2 heterocycles. The summed E-state index contributed by atoms with van der Waals surface area (Å²) < 4.78 is 83.1. The zero-order valence-corrected chi connectivity index (χ0v) is 12.6. The number of H-pyrrole nitrogens is 1. The number of anilines is 1. The molecule has 0 atom stereocenters. The fourth-order valence-corrected chi connectivity index (χ4v) is 2.74. The molecule has 1 saturated heterocycles. The number of ether oxygens (including phenoxy) is 1. The van der Waals surface area contributed by atoms with Gasteiger partial charge in [-0.1, -0.05) is 0 Å². The van der Waals surface area contributed by atoms with Crippen molar-refractivity contribution < 1.29 is 31.1 Å². The molecule has 2 aromatic rings. The fraction of sp³-hybridized carbons (Fsp3) is 0.400. The molecule has 0 radical (unpaired) electrons. The van der Waals surface area contributed by atoms with Crippen molar-refractivity contribution in [2.75, 3.05) is 31.2 Å². The van der Waals surface area contributed by atoms with E-state index in [4.69, 9.17) is 4.74 Å². The van der Waals surface area contributed by atoms with Gasteiger partial charge in [-0.2, -0.15) is 26.3 Å². The van der Waals surface area contributed by atoms with Gasteiger partial charge in [-0.05, 0) is 12.1 Å². The predicted molar refractivity (Wildman–Crippen MR) is 77.6 cm³/mol. The maximum Gasteiger partial charge on any atom is 0.431 e. The van der Waals surface area contributed by atoms with Gasteiger partial charge in [-0.25, -0.2) is 0 Å². The third-order valence-electron chi connectivity index (χ3n) is 3.89. The molecule has 0 bridgehead atoms. The normalized spacial score (nSPS) is 16.5. The minimum Gasteiger partial charge on any atom is -0.378 e. The topological polar surface area (TPSA) is 45.3 Å². The van der Waals surface area contributed by atoms with Crippen LogP contribution >= 0.6 is 0 Å². The van der Waals surface area contributed by atoms with E-state index < -0.39 is 34.6 Å². The Kier molecular flexibility index (Phi) is 4.18. The Labute approximate surface area is 137 Å². The lowest BCUT2D eigenvalue weighted by molar-refractivity contribution is -0.141. The van der Waals surface area contributed by atoms with Crippen molar-refractivity contribution in [3.8, 4) is 0 Å². The number of nitrogens with zero attached hydrogens (tertiary/aromatic N) is 1. The van der Waals surface area contributed by atoms with Crippen LogP contribution in [0.5, 0.6) is 0 Å². The second kappa shape index (κ2) is 5.94. The Morgan fingerprint density at radius 1 is 0.960 bits per heavy atom.